The van der Waals surface area contributed by atoms with Gasteiger partial charge in [0.2, 0.25) is 0 Å². The third kappa shape index (κ3) is 2.82. The van der Waals surface area contributed by atoms with E-state index in [-0.39, 0.29) is 16.4 Å². The van der Waals surface area contributed by atoms with Crippen molar-refractivity contribution in [3.8, 4) is 11.4 Å². The molecular weight excluding hydrogens is 324 g/mol. The van der Waals surface area contributed by atoms with E-state index >= 15 is 0 Å². The molecule has 7 heteroatoms. The summed E-state index contributed by atoms with van der Waals surface area (Å²) < 4.78 is 1.94. The number of nitrogens with one attached hydrogen (secondary N) is 1. The van der Waals surface area contributed by atoms with Gasteiger partial charge in [-0.2, -0.15) is 0 Å². The second-order valence-corrected chi connectivity index (χ2v) is 6.35. The van der Waals surface area contributed by atoms with Crippen molar-refractivity contribution in [1.29, 1.82) is 0 Å². The summed E-state index contributed by atoms with van der Waals surface area (Å²) in [5.74, 6) is 0.530. The quantitative estimate of drug-likeness (QED) is 0.417. The topological polar surface area (TPSA) is 83.8 Å². The van der Waals surface area contributed by atoms with Crippen LogP contribution in [0, 0.1) is 0 Å². The molecule has 0 amide bonds. The molecule has 0 fully saturated rings. The summed E-state index contributed by atoms with van der Waals surface area (Å²) >= 11 is 1.14. The van der Waals surface area contributed by atoms with E-state index in [0.29, 0.717) is 11.7 Å². The van der Waals surface area contributed by atoms with Gasteiger partial charge >= 0.3 is 0 Å². The van der Waals surface area contributed by atoms with E-state index in [1.165, 1.54) is 13.8 Å². The molecule has 0 atom stereocenters. The molecule has 0 bridgehead atoms. The Bertz CT molecular complexity index is 935. The number of ketones is 1. The van der Waals surface area contributed by atoms with Gasteiger partial charge in [0, 0.05) is 29.2 Å². The van der Waals surface area contributed by atoms with E-state index in [1.807, 2.05) is 42.0 Å². The molecule has 0 saturated carbocycles. The Labute approximate surface area is 143 Å². The predicted molar refractivity (Wildman–Crippen MR) is 94.9 cm³/mol. The molecule has 0 spiro atoms. The first kappa shape index (κ1) is 16.3. The first-order valence-corrected chi connectivity index (χ1v) is 8.42. The second-order valence-electron chi connectivity index (χ2n) is 5.37. The summed E-state index contributed by atoms with van der Waals surface area (Å²) in [6.07, 6.45) is 1.91. The van der Waals surface area contributed by atoms with Gasteiger partial charge in [0.15, 0.2) is 16.8 Å². The number of hydrogen-bond donors (Lipinski definition) is 2. The van der Waals surface area contributed by atoms with Gasteiger partial charge in [-0.1, -0.05) is 18.2 Å². The Morgan fingerprint density at radius 2 is 2.04 bits per heavy atom. The molecule has 6 nitrogen and oxygen atoms in total. The summed E-state index contributed by atoms with van der Waals surface area (Å²) in [7, 11) is 0. The van der Waals surface area contributed by atoms with Crippen molar-refractivity contribution < 1.29 is 9.90 Å². The van der Waals surface area contributed by atoms with Crippen LogP contribution in [0.5, 0.6) is 0 Å². The highest BCUT2D eigenvalue weighted by Crippen LogP contribution is 2.33. The molecule has 0 saturated heterocycles. The van der Waals surface area contributed by atoms with E-state index in [2.05, 4.69) is 15.2 Å². The SMILES string of the molecule is CCn1c(S/C(C(C)=O)=C(/C)O)nnc1-c1c[nH]c2ccccc12. The minimum atomic E-state index is -0.195. The first-order valence-electron chi connectivity index (χ1n) is 7.61. The van der Waals surface area contributed by atoms with Crippen molar-refractivity contribution in [2.45, 2.75) is 32.5 Å². The Balaban J connectivity index is 2.08. The molecule has 2 N–H and O–H groups in total. The third-order valence-electron chi connectivity index (χ3n) is 3.70. The number of allylic oxidation sites excluding steroid dienone is 2. The highest BCUT2D eigenvalue weighted by molar-refractivity contribution is 8.03. The fourth-order valence-electron chi connectivity index (χ4n) is 2.60. The van der Waals surface area contributed by atoms with Crippen LogP contribution in [0.15, 0.2) is 46.3 Å². The van der Waals surface area contributed by atoms with Crippen LogP contribution in [-0.2, 0) is 11.3 Å². The minimum absolute atomic E-state index is 0.00760. The lowest BCUT2D eigenvalue weighted by Gasteiger charge is -2.08. The number of aliphatic hydroxyl groups excluding tert-OH is 1. The maximum atomic E-state index is 11.7. The Morgan fingerprint density at radius 3 is 2.71 bits per heavy atom. The van der Waals surface area contributed by atoms with Crippen LogP contribution < -0.4 is 0 Å². The predicted octanol–water partition coefficient (Wildman–Crippen LogP) is 3.92. The molecule has 0 aliphatic heterocycles. The fraction of sp³-hybridized carbons (Fsp3) is 0.235. The lowest BCUT2D eigenvalue weighted by molar-refractivity contribution is -0.113. The molecule has 0 aliphatic carbocycles. The summed E-state index contributed by atoms with van der Waals surface area (Å²) in [6.45, 7) is 5.57. The Morgan fingerprint density at radius 1 is 1.29 bits per heavy atom. The van der Waals surface area contributed by atoms with Crippen molar-refractivity contribution in [3.05, 3.63) is 41.1 Å². The van der Waals surface area contributed by atoms with Crippen LogP contribution in [0.3, 0.4) is 0 Å². The fourth-order valence-corrected chi connectivity index (χ4v) is 3.48. The van der Waals surface area contributed by atoms with E-state index < -0.39 is 0 Å². The molecule has 24 heavy (non-hydrogen) atoms. The van der Waals surface area contributed by atoms with Gasteiger partial charge in [0.25, 0.3) is 0 Å². The number of carbonyl (C=O) groups excluding carboxylic acids is 1. The van der Waals surface area contributed by atoms with E-state index in [0.717, 1.165) is 34.1 Å². The number of carbonyl (C=O) groups is 1. The number of nitrogens with zero attached hydrogens (tertiary/aromatic N) is 3. The highest BCUT2D eigenvalue weighted by atomic mass is 32.2. The normalized spacial score (nSPS) is 12.5. The summed E-state index contributed by atoms with van der Waals surface area (Å²) in [6, 6.07) is 7.99. The van der Waals surface area contributed by atoms with E-state index in [9.17, 15) is 9.90 Å². The molecular formula is C17H18N4O2S. The van der Waals surface area contributed by atoms with Crippen LogP contribution in [-0.4, -0.2) is 30.6 Å². The average molecular weight is 342 g/mol. The van der Waals surface area contributed by atoms with Gasteiger partial charge in [0.1, 0.15) is 5.76 Å². The van der Waals surface area contributed by atoms with Crippen molar-refractivity contribution in [2.75, 3.05) is 0 Å². The lowest BCUT2D eigenvalue weighted by atomic mass is 10.1. The standard InChI is InChI=1S/C17H18N4O2S/c1-4-21-16(13-9-18-14-8-6-5-7-12(13)14)19-20-17(21)24-15(10(2)22)11(3)23/h5-9,18,22H,4H2,1-3H3/b15-10-. The highest BCUT2D eigenvalue weighted by Gasteiger charge is 2.19. The summed E-state index contributed by atoms with van der Waals surface area (Å²) in [4.78, 5) is 15.2. The van der Waals surface area contributed by atoms with Crippen LogP contribution in [0.1, 0.15) is 20.8 Å². The number of aromatic amines is 1. The molecule has 2 aromatic heterocycles. The summed E-state index contributed by atoms with van der Waals surface area (Å²) in [5.41, 5.74) is 1.99. The number of thioether (sulfide) groups is 1. The van der Waals surface area contributed by atoms with Gasteiger partial charge in [-0.15, -0.1) is 10.2 Å². The van der Waals surface area contributed by atoms with Crippen molar-refractivity contribution in [2.24, 2.45) is 0 Å². The number of rotatable bonds is 5. The molecule has 3 aromatic rings. The van der Waals surface area contributed by atoms with Crippen molar-refractivity contribution >= 4 is 28.4 Å². The molecule has 0 aliphatic rings. The number of hydrogen-bond acceptors (Lipinski definition) is 5. The van der Waals surface area contributed by atoms with Gasteiger partial charge in [-0.25, -0.2) is 0 Å². The van der Waals surface area contributed by atoms with Crippen molar-refractivity contribution in [1.82, 2.24) is 19.7 Å². The molecule has 124 valence electrons. The number of para-hydroxylation sites is 1. The van der Waals surface area contributed by atoms with Crippen LogP contribution in [0.25, 0.3) is 22.3 Å². The zero-order valence-corrected chi connectivity index (χ0v) is 14.5. The number of aromatic nitrogens is 4. The van der Waals surface area contributed by atoms with E-state index in [1.54, 1.807) is 0 Å². The third-order valence-corrected chi connectivity index (χ3v) is 4.98. The smallest absolute Gasteiger partial charge is 0.196 e. The van der Waals surface area contributed by atoms with Gasteiger partial charge in [0.05, 0.1) is 4.91 Å². The summed E-state index contributed by atoms with van der Waals surface area (Å²) in [5, 5.41) is 19.9. The van der Waals surface area contributed by atoms with E-state index in [4.69, 9.17) is 0 Å². The zero-order valence-electron chi connectivity index (χ0n) is 13.7. The number of fused-ring (bicyclic) bond motifs is 1. The van der Waals surface area contributed by atoms with Gasteiger partial charge in [-0.05, 0) is 38.6 Å². The largest absolute Gasteiger partial charge is 0.511 e. The first-order chi connectivity index (χ1) is 11.5. The monoisotopic (exact) mass is 342 g/mol. The van der Waals surface area contributed by atoms with Crippen LogP contribution >= 0.6 is 11.8 Å². The number of Topliss-reactive ketones (excluding diaryl/α,β-unsaturated/α-hetero) is 1. The Kier molecular flexibility index (Phi) is 4.44. The number of aliphatic hydroxyl groups is 1. The zero-order chi connectivity index (χ0) is 17.3. The van der Waals surface area contributed by atoms with Crippen LogP contribution in [0.2, 0.25) is 0 Å². The van der Waals surface area contributed by atoms with Gasteiger partial charge < -0.3 is 14.7 Å². The molecule has 0 radical (unpaired) electrons. The maximum absolute atomic E-state index is 11.7. The second kappa shape index (κ2) is 6.52. The molecule has 2 heterocycles. The molecule has 0 unspecified atom stereocenters. The average Bonchev–Trinajstić information content (AvgIpc) is 3.14. The number of H-pyrrole nitrogens is 1. The maximum Gasteiger partial charge on any atom is 0.196 e. The van der Waals surface area contributed by atoms with Crippen molar-refractivity contribution in [3.63, 3.8) is 0 Å². The number of benzene rings is 1. The van der Waals surface area contributed by atoms with Crippen LogP contribution in [0.4, 0.5) is 0 Å². The lowest BCUT2D eigenvalue weighted by Crippen LogP contribution is -2.02. The minimum Gasteiger partial charge on any atom is -0.511 e. The Hall–Kier alpha value is -2.54. The molecule has 3 rings (SSSR count). The molecule has 1 aromatic carbocycles. The van der Waals surface area contributed by atoms with Gasteiger partial charge in [-0.3, -0.25) is 4.79 Å².